The number of hydrogen-bond donors (Lipinski definition) is 1. The molecule has 0 radical (unpaired) electrons. The molecule has 3 heterocycles. The van der Waals surface area contributed by atoms with Gasteiger partial charge in [0.05, 0.1) is 0 Å². The Morgan fingerprint density at radius 1 is 0.730 bits per heavy atom. The van der Waals surface area contributed by atoms with Gasteiger partial charge in [-0.2, -0.15) is 5.26 Å². The number of carboxylic acid groups (broad SMARTS) is 1. The molecule has 0 atom stereocenters. The van der Waals surface area contributed by atoms with E-state index in [0.29, 0.717) is 0 Å². The molecule has 0 amide bonds. The van der Waals surface area contributed by atoms with Gasteiger partial charge in [-0.05, 0) is 80.6 Å². The molecule has 37 heavy (non-hydrogen) atoms. The molecule has 0 unspecified atom stereocenters. The molecule has 2 aromatic carbocycles. The van der Waals surface area contributed by atoms with Crippen LogP contribution in [0.25, 0.3) is 25.6 Å². The first-order valence-electron chi connectivity index (χ1n) is 11.5. The standard InChI is InChI=1S/C30H22N2O2S3/c1-19-3-7-22(8-4-19)32(23-9-5-20(2)6-10-23)29-16-15-28(37-29)27-14-13-26(36-27)25-12-11-24(35-25)17-21(18-31)30(33)34/h3-17H,1-2H3,(H,33,34). The van der Waals surface area contributed by atoms with Crippen molar-refractivity contribution in [3.63, 3.8) is 0 Å². The van der Waals surface area contributed by atoms with Crippen molar-refractivity contribution in [2.75, 3.05) is 4.90 Å². The summed E-state index contributed by atoms with van der Waals surface area (Å²) in [7, 11) is 0. The summed E-state index contributed by atoms with van der Waals surface area (Å²) in [6.45, 7) is 4.19. The molecule has 1 N–H and O–H groups in total. The third-order valence-electron chi connectivity index (χ3n) is 5.75. The summed E-state index contributed by atoms with van der Waals surface area (Å²) in [5.41, 5.74) is 4.42. The van der Waals surface area contributed by atoms with Crippen molar-refractivity contribution in [3.8, 4) is 25.6 Å². The number of benzene rings is 2. The largest absolute Gasteiger partial charge is 0.477 e. The Bertz CT molecular complexity index is 1590. The van der Waals surface area contributed by atoms with Gasteiger partial charge < -0.3 is 10.0 Å². The number of aryl methyl sites for hydroxylation is 2. The van der Waals surface area contributed by atoms with Crippen LogP contribution < -0.4 is 4.90 Å². The lowest BCUT2D eigenvalue weighted by molar-refractivity contribution is -0.132. The second kappa shape index (κ2) is 10.6. The first kappa shape index (κ1) is 24.7. The second-order valence-corrected chi connectivity index (χ2v) is 11.7. The van der Waals surface area contributed by atoms with Crippen LogP contribution in [0.3, 0.4) is 0 Å². The molecule has 182 valence electrons. The van der Waals surface area contributed by atoms with Crippen LogP contribution in [0.2, 0.25) is 0 Å². The van der Waals surface area contributed by atoms with Gasteiger partial charge >= 0.3 is 5.97 Å². The Morgan fingerprint density at radius 3 is 1.76 bits per heavy atom. The zero-order valence-corrected chi connectivity index (χ0v) is 22.6. The lowest BCUT2D eigenvalue weighted by Gasteiger charge is -2.24. The molecular formula is C30H22N2O2S3. The van der Waals surface area contributed by atoms with E-state index in [1.165, 1.54) is 38.3 Å². The molecule has 7 heteroatoms. The number of aliphatic carboxylic acids is 1. The quantitative estimate of drug-likeness (QED) is 0.166. The van der Waals surface area contributed by atoms with Gasteiger partial charge in [0, 0.05) is 35.8 Å². The zero-order chi connectivity index (χ0) is 25.9. The molecule has 3 aromatic heterocycles. The molecule has 0 aliphatic heterocycles. The summed E-state index contributed by atoms with van der Waals surface area (Å²) < 4.78 is 0. The smallest absolute Gasteiger partial charge is 0.346 e. The van der Waals surface area contributed by atoms with E-state index in [9.17, 15) is 4.79 Å². The van der Waals surface area contributed by atoms with E-state index in [2.05, 4.69) is 91.5 Å². The Kier molecular flexibility index (Phi) is 7.06. The monoisotopic (exact) mass is 538 g/mol. The highest BCUT2D eigenvalue weighted by atomic mass is 32.1. The maximum atomic E-state index is 11.1. The summed E-state index contributed by atoms with van der Waals surface area (Å²) in [6, 6.07) is 31.3. The second-order valence-electron chi connectivity index (χ2n) is 8.49. The van der Waals surface area contributed by atoms with Crippen LogP contribution >= 0.6 is 34.0 Å². The van der Waals surface area contributed by atoms with Crippen LogP contribution in [-0.2, 0) is 4.79 Å². The van der Waals surface area contributed by atoms with Crippen molar-refractivity contribution < 1.29 is 9.90 Å². The van der Waals surface area contributed by atoms with E-state index < -0.39 is 5.97 Å². The molecule has 0 bridgehead atoms. The Hall–Kier alpha value is -3.96. The van der Waals surface area contributed by atoms with Gasteiger partial charge in [-0.1, -0.05) is 35.4 Å². The normalized spacial score (nSPS) is 11.3. The summed E-state index contributed by atoms with van der Waals surface area (Å²) >= 11 is 4.93. The zero-order valence-electron chi connectivity index (χ0n) is 20.1. The number of hydrogen-bond acceptors (Lipinski definition) is 6. The van der Waals surface area contributed by atoms with Crippen LogP contribution in [0.15, 0.2) is 90.5 Å². The van der Waals surface area contributed by atoms with Crippen LogP contribution in [0.5, 0.6) is 0 Å². The maximum absolute atomic E-state index is 11.1. The van der Waals surface area contributed by atoms with Gasteiger partial charge in [0.1, 0.15) is 16.6 Å². The Balaban J connectivity index is 1.45. The van der Waals surface area contributed by atoms with Crippen molar-refractivity contribution in [3.05, 3.63) is 107 Å². The molecule has 0 saturated carbocycles. The van der Waals surface area contributed by atoms with Crippen molar-refractivity contribution in [1.29, 1.82) is 5.26 Å². The number of rotatable bonds is 7. The number of thiophene rings is 3. The van der Waals surface area contributed by atoms with Gasteiger partial charge in [0.2, 0.25) is 0 Å². The molecule has 4 nitrogen and oxygen atoms in total. The number of nitrogens with zero attached hydrogens (tertiary/aromatic N) is 2. The fourth-order valence-electron chi connectivity index (χ4n) is 3.82. The van der Waals surface area contributed by atoms with Crippen LogP contribution in [-0.4, -0.2) is 11.1 Å². The molecule has 0 saturated heterocycles. The molecule has 5 aromatic rings. The third kappa shape index (κ3) is 5.42. The van der Waals surface area contributed by atoms with Gasteiger partial charge in [0.15, 0.2) is 0 Å². The van der Waals surface area contributed by atoms with Gasteiger partial charge in [-0.25, -0.2) is 4.79 Å². The van der Waals surface area contributed by atoms with Crippen LogP contribution in [0, 0.1) is 25.2 Å². The molecule has 0 aliphatic rings. The summed E-state index contributed by atoms with van der Waals surface area (Å²) in [5.74, 6) is -1.21. The van der Waals surface area contributed by atoms with Gasteiger partial charge in [0.25, 0.3) is 0 Å². The number of anilines is 3. The van der Waals surface area contributed by atoms with E-state index in [4.69, 9.17) is 10.4 Å². The van der Waals surface area contributed by atoms with Gasteiger partial charge in [-0.15, -0.1) is 34.0 Å². The van der Waals surface area contributed by atoms with E-state index in [1.54, 1.807) is 28.7 Å². The summed E-state index contributed by atoms with van der Waals surface area (Å²) in [6.07, 6.45) is 1.42. The average molecular weight is 539 g/mol. The van der Waals surface area contributed by atoms with Crippen molar-refractivity contribution in [1.82, 2.24) is 0 Å². The van der Waals surface area contributed by atoms with E-state index in [0.717, 1.165) is 31.0 Å². The first-order valence-corrected chi connectivity index (χ1v) is 13.9. The fourth-order valence-corrected chi connectivity index (χ4v) is 7.01. The minimum atomic E-state index is -1.21. The van der Waals surface area contributed by atoms with Crippen molar-refractivity contribution in [2.45, 2.75) is 13.8 Å². The Morgan fingerprint density at radius 2 is 1.22 bits per heavy atom. The summed E-state index contributed by atoms with van der Waals surface area (Å²) in [4.78, 5) is 18.7. The summed E-state index contributed by atoms with van der Waals surface area (Å²) in [5, 5.41) is 19.3. The molecule has 0 aliphatic carbocycles. The van der Waals surface area contributed by atoms with E-state index >= 15 is 0 Å². The lowest BCUT2D eigenvalue weighted by Crippen LogP contribution is -2.08. The highest BCUT2D eigenvalue weighted by Gasteiger charge is 2.16. The minimum absolute atomic E-state index is 0.266. The number of carboxylic acids is 1. The third-order valence-corrected chi connectivity index (χ3v) is 9.33. The van der Waals surface area contributed by atoms with E-state index in [1.807, 2.05) is 12.1 Å². The highest BCUT2D eigenvalue weighted by molar-refractivity contribution is 7.27. The number of carbonyl (C=O) groups is 1. The predicted octanol–water partition coefficient (Wildman–Crippen LogP) is 9.28. The predicted molar refractivity (Wildman–Crippen MR) is 156 cm³/mol. The molecular weight excluding hydrogens is 517 g/mol. The topological polar surface area (TPSA) is 64.3 Å². The van der Waals surface area contributed by atoms with E-state index in [-0.39, 0.29) is 5.57 Å². The maximum Gasteiger partial charge on any atom is 0.346 e. The lowest BCUT2D eigenvalue weighted by atomic mass is 10.1. The van der Waals surface area contributed by atoms with Crippen LogP contribution in [0.1, 0.15) is 16.0 Å². The van der Waals surface area contributed by atoms with Crippen molar-refractivity contribution in [2.24, 2.45) is 0 Å². The first-order chi connectivity index (χ1) is 17.9. The fraction of sp³-hybridized carbons (Fsp3) is 0.0667. The highest BCUT2D eigenvalue weighted by Crippen LogP contribution is 2.45. The molecule has 0 spiro atoms. The van der Waals surface area contributed by atoms with Crippen molar-refractivity contribution >= 4 is 62.4 Å². The van der Waals surface area contributed by atoms with Gasteiger partial charge in [-0.3, -0.25) is 0 Å². The minimum Gasteiger partial charge on any atom is -0.477 e. The molecule has 5 rings (SSSR count). The number of nitriles is 1. The average Bonchev–Trinajstić information content (AvgIpc) is 3.66. The van der Waals surface area contributed by atoms with Crippen LogP contribution in [0.4, 0.5) is 16.4 Å². The molecule has 0 fully saturated rings. The Labute approximate surface area is 227 Å². The SMILES string of the molecule is Cc1ccc(N(c2ccc(C)cc2)c2ccc(-c3ccc(-c4ccc(C=C(C#N)C(=O)O)s4)s3)s2)cc1.